The molecule has 0 fully saturated rings. The standard InChI is InChI=1S/C12H15NO3/c1-9-4-6-10(7-5-9)12(15)13(2)8-11(14)16-3/h4-7H,8H2,1-3H3. The van der Waals surface area contributed by atoms with Crippen LogP contribution < -0.4 is 0 Å². The second-order valence-electron chi connectivity index (χ2n) is 3.60. The maximum Gasteiger partial charge on any atom is 0.325 e. The molecule has 1 aromatic rings. The van der Waals surface area contributed by atoms with Crippen molar-refractivity contribution in [3.8, 4) is 0 Å². The number of methoxy groups -OCH3 is 1. The molecule has 0 N–H and O–H groups in total. The van der Waals surface area contributed by atoms with Crippen LogP contribution in [-0.2, 0) is 9.53 Å². The van der Waals surface area contributed by atoms with Crippen molar-refractivity contribution >= 4 is 11.9 Å². The van der Waals surface area contributed by atoms with Crippen LogP contribution in [0.3, 0.4) is 0 Å². The first-order valence-corrected chi connectivity index (χ1v) is 4.93. The minimum Gasteiger partial charge on any atom is -0.468 e. The first-order valence-electron chi connectivity index (χ1n) is 4.93. The van der Waals surface area contributed by atoms with Gasteiger partial charge in [-0.1, -0.05) is 17.7 Å². The molecule has 0 atom stereocenters. The largest absolute Gasteiger partial charge is 0.468 e. The van der Waals surface area contributed by atoms with E-state index in [9.17, 15) is 9.59 Å². The molecule has 0 aromatic heterocycles. The van der Waals surface area contributed by atoms with Gasteiger partial charge in [0, 0.05) is 12.6 Å². The summed E-state index contributed by atoms with van der Waals surface area (Å²) in [6, 6.07) is 7.20. The maximum absolute atomic E-state index is 11.8. The number of hydrogen-bond acceptors (Lipinski definition) is 3. The van der Waals surface area contributed by atoms with E-state index in [1.165, 1.54) is 12.0 Å². The number of carbonyl (C=O) groups excluding carboxylic acids is 2. The van der Waals surface area contributed by atoms with Gasteiger partial charge in [0.1, 0.15) is 6.54 Å². The molecule has 1 amide bonds. The molecule has 0 heterocycles. The highest BCUT2D eigenvalue weighted by Gasteiger charge is 2.14. The van der Waals surface area contributed by atoms with Crippen LogP contribution >= 0.6 is 0 Å². The Labute approximate surface area is 94.8 Å². The fraction of sp³-hybridized carbons (Fsp3) is 0.333. The number of benzene rings is 1. The third-order valence-electron chi connectivity index (χ3n) is 2.24. The molecule has 0 aliphatic heterocycles. The summed E-state index contributed by atoms with van der Waals surface area (Å²) in [5.74, 6) is -0.617. The molecule has 0 aliphatic rings. The third kappa shape index (κ3) is 3.08. The van der Waals surface area contributed by atoms with Crippen molar-refractivity contribution in [2.24, 2.45) is 0 Å². The highest BCUT2D eigenvalue weighted by Crippen LogP contribution is 2.05. The Morgan fingerprint density at radius 3 is 2.31 bits per heavy atom. The number of esters is 1. The summed E-state index contributed by atoms with van der Waals surface area (Å²) in [6.45, 7) is 1.91. The van der Waals surface area contributed by atoms with E-state index in [0.717, 1.165) is 5.56 Å². The smallest absolute Gasteiger partial charge is 0.325 e. The average Bonchev–Trinajstić information content (AvgIpc) is 2.28. The molecule has 0 aliphatic carbocycles. The quantitative estimate of drug-likeness (QED) is 0.721. The summed E-state index contributed by atoms with van der Waals surface area (Å²) in [4.78, 5) is 24.2. The zero-order chi connectivity index (χ0) is 12.1. The first kappa shape index (κ1) is 12.2. The van der Waals surface area contributed by atoms with Gasteiger partial charge in [0.15, 0.2) is 0 Å². The van der Waals surface area contributed by atoms with Crippen LogP contribution in [-0.4, -0.2) is 37.5 Å². The second kappa shape index (κ2) is 5.30. The van der Waals surface area contributed by atoms with E-state index in [4.69, 9.17) is 0 Å². The van der Waals surface area contributed by atoms with E-state index in [2.05, 4.69) is 4.74 Å². The highest BCUT2D eigenvalue weighted by molar-refractivity contribution is 5.95. The van der Waals surface area contributed by atoms with Crippen molar-refractivity contribution in [3.05, 3.63) is 35.4 Å². The van der Waals surface area contributed by atoms with Gasteiger partial charge in [0.25, 0.3) is 5.91 Å². The number of ether oxygens (including phenoxy) is 1. The summed E-state index contributed by atoms with van der Waals surface area (Å²) in [6.07, 6.45) is 0. The SMILES string of the molecule is COC(=O)CN(C)C(=O)c1ccc(C)cc1. The van der Waals surface area contributed by atoms with Gasteiger partial charge >= 0.3 is 5.97 Å². The Bertz CT molecular complexity index is 384. The van der Waals surface area contributed by atoms with Crippen molar-refractivity contribution in [2.75, 3.05) is 20.7 Å². The Kier molecular flexibility index (Phi) is 4.05. The van der Waals surface area contributed by atoms with Gasteiger partial charge in [-0.05, 0) is 19.1 Å². The van der Waals surface area contributed by atoms with E-state index in [-0.39, 0.29) is 12.5 Å². The normalized spacial score (nSPS) is 9.69. The van der Waals surface area contributed by atoms with Crippen LogP contribution in [0.1, 0.15) is 15.9 Å². The lowest BCUT2D eigenvalue weighted by Crippen LogP contribution is -2.32. The second-order valence-corrected chi connectivity index (χ2v) is 3.60. The van der Waals surface area contributed by atoms with Gasteiger partial charge in [-0.15, -0.1) is 0 Å². The van der Waals surface area contributed by atoms with Crippen LogP contribution in [0.15, 0.2) is 24.3 Å². The van der Waals surface area contributed by atoms with E-state index in [0.29, 0.717) is 5.56 Å². The molecule has 1 rings (SSSR count). The molecule has 1 aromatic carbocycles. The Morgan fingerprint density at radius 2 is 1.81 bits per heavy atom. The first-order chi connectivity index (χ1) is 7.54. The number of hydrogen-bond donors (Lipinski definition) is 0. The predicted molar refractivity (Wildman–Crippen MR) is 60.2 cm³/mol. The Balaban J connectivity index is 2.70. The zero-order valence-electron chi connectivity index (χ0n) is 9.69. The fourth-order valence-corrected chi connectivity index (χ4v) is 1.25. The van der Waals surface area contributed by atoms with E-state index in [1.807, 2.05) is 19.1 Å². The highest BCUT2D eigenvalue weighted by atomic mass is 16.5. The van der Waals surface area contributed by atoms with Crippen LogP contribution in [0.5, 0.6) is 0 Å². The third-order valence-corrected chi connectivity index (χ3v) is 2.24. The Morgan fingerprint density at radius 1 is 1.25 bits per heavy atom. The fourth-order valence-electron chi connectivity index (χ4n) is 1.25. The Hall–Kier alpha value is -1.84. The molecule has 16 heavy (non-hydrogen) atoms. The number of carbonyl (C=O) groups is 2. The van der Waals surface area contributed by atoms with Crippen LogP contribution in [0, 0.1) is 6.92 Å². The number of nitrogens with zero attached hydrogens (tertiary/aromatic N) is 1. The van der Waals surface area contributed by atoms with Crippen LogP contribution in [0.2, 0.25) is 0 Å². The molecule has 86 valence electrons. The number of rotatable bonds is 3. The van der Waals surface area contributed by atoms with Crippen molar-refractivity contribution in [1.82, 2.24) is 4.90 Å². The average molecular weight is 221 g/mol. The minimum atomic E-state index is -0.428. The summed E-state index contributed by atoms with van der Waals surface area (Å²) in [5, 5.41) is 0. The number of aryl methyl sites for hydroxylation is 1. The van der Waals surface area contributed by atoms with Crippen molar-refractivity contribution < 1.29 is 14.3 Å². The zero-order valence-corrected chi connectivity index (χ0v) is 9.69. The molecular formula is C12H15NO3. The van der Waals surface area contributed by atoms with E-state index < -0.39 is 5.97 Å². The van der Waals surface area contributed by atoms with Crippen molar-refractivity contribution in [3.63, 3.8) is 0 Å². The molecule has 0 unspecified atom stereocenters. The topological polar surface area (TPSA) is 46.6 Å². The minimum absolute atomic E-state index is 0.0385. The summed E-state index contributed by atoms with van der Waals surface area (Å²) >= 11 is 0. The van der Waals surface area contributed by atoms with E-state index >= 15 is 0 Å². The van der Waals surface area contributed by atoms with Gasteiger partial charge < -0.3 is 9.64 Å². The van der Waals surface area contributed by atoms with Crippen molar-refractivity contribution in [1.29, 1.82) is 0 Å². The lowest BCUT2D eigenvalue weighted by Gasteiger charge is -2.15. The molecule has 0 saturated carbocycles. The van der Waals surface area contributed by atoms with Gasteiger partial charge in [-0.3, -0.25) is 9.59 Å². The lowest BCUT2D eigenvalue weighted by atomic mass is 10.1. The summed E-state index contributed by atoms with van der Waals surface area (Å²) in [5.41, 5.74) is 1.66. The van der Waals surface area contributed by atoms with Crippen molar-refractivity contribution in [2.45, 2.75) is 6.92 Å². The summed E-state index contributed by atoms with van der Waals surface area (Å²) < 4.78 is 4.49. The lowest BCUT2D eigenvalue weighted by molar-refractivity contribution is -0.141. The molecule has 4 heteroatoms. The van der Waals surface area contributed by atoms with Crippen LogP contribution in [0.25, 0.3) is 0 Å². The maximum atomic E-state index is 11.8. The van der Waals surface area contributed by atoms with Gasteiger partial charge in [-0.2, -0.15) is 0 Å². The molecule has 0 radical (unpaired) electrons. The van der Waals surface area contributed by atoms with Gasteiger partial charge in [0.05, 0.1) is 7.11 Å². The van der Waals surface area contributed by atoms with Gasteiger partial charge in [0.2, 0.25) is 0 Å². The molecule has 0 saturated heterocycles. The summed E-state index contributed by atoms with van der Waals surface area (Å²) in [7, 11) is 2.87. The predicted octanol–water partition coefficient (Wildman–Crippen LogP) is 1.24. The molecular weight excluding hydrogens is 206 g/mol. The number of amides is 1. The van der Waals surface area contributed by atoms with E-state index in [1.54, 1.807) is 19.2 Å². The molecule has 4 nitrogen and oxygen atoms in total. The monoisotopic (exact) mass is 221 g/mol. The molecule has 0 bridgehead atoms. The van der Waals surface area contributed by atoms with Gasteiger partial charge in [-0.25, -0.2) is 0 Å². The van der Waals surface area contributed by atoms with Crippen LogP contribution in [0.4, 0.5) is 0 Å². The molecule has 0 spiro atoms. The number of likely N-dealkylation sites (N-methyl/N-ethyl adjacent to an activating group) is 1.